The van der Waals surface area contributed by atoms with E-state index in [1.165, 1.54) is 19.4 Å². The number of hydrogen-bond acceptors (Lipinski definition) is 3. The first-order chi connectivity index (χ1) is 12.5. The lowest BCUT2D eigenvalue weighted by Gasteiger charge is -2.34. The normalized spacial score (nSPS) is 22.2. The van der Waals surface area contributed by atoms with E-state index in [4.69, 9.17) is 0 Å². The fourth-order valence-corrected chi connectivity index (χ4v) is 4.16. The molecular formula is C21H30N4O. The average molecular weight is 354 g/mol. The van der Waals surface area contributed by atoms with Gasteiger partial charge in [-0.15, -0.1) is 0 Å². The van der Waals surface area contributed by atoms with Gasteiger partial charge in [0.15, 0.2) is 0 Å². The number of hydrogen-bond donors (Lipinski definition) is 0. The first-order valence-electron chi connectivity index (χ1n) is 10.0. The fraction of sp³-hybridized carbons (Fsp3) is 0.619. The van der Waals surface area contributed by atoms with Crippen LogP contribution < -0.4 is 0 Å². The van der Waals surface area contributed by atoms with Gasteiger partial charge in [0.1, 0.15) is 11.3 Å². The Labute approximate surface area is 156 Å². The van der Waals surface area contributed by atoms with E-state index < -0.39 is 0 Å². The molecule has 3 heterocycles. The molecule has 140 valence electrons. The van der Waals surface area contributed by atoms with Gasteiger partial charge in [0.25, 0.3) is 5.91 Å². The van der Waals surface area contributed by atoms with E-state index in [-0.39, 0.29) is 5.91 Å². The molecule has 0 bridgehead atoms. The highest BCUT2D eigenvalue weighted by atomic mass is 16.2. The highest BCUT2D eigenvalue weighted by Crippen LogP contribution is 2.32. The molecule has 1 atom stereocenters. The van der Waals surface area contributed by atoms with E-state index in [1.807, 2.05) is 40.8 Å². The number of carbonyl (C=O) groups excluding carboxylic acids is 1. The molecule has 0 spiro atoms. The number of aromatic nitrogens is 2. The van der Waals surface area contributed by atoms with Crippen LogP contribution in [0.15, 0.2) is 24.5 Å². The minimum absolute atomic E-state index is 0.0759. The lowest BCUT2D eigenvalue weighted by molar-refractivity contribution is 0.0699. The lowest BCUT2D eigenvalue weighted by Crippen LogP contribution is -2.46. The van der Waals surface area contributed by atoms with Crippen molar-refractivity contribution in [3.05, 3.63) is 35.8 Å². The third-order valence-corrected chi connectivity index (χ3v) is 5.89. The largest absolute Gasteiger partial charge is 0.336 e. The molecule has 0 aromatic carbocycles. The van der Waals surface area contributed by atoms with Crippen LogP contribution in [0.4, 0.5) is 0 Å². The van der Waals surface area contributed by atoms with Crippen molar-refractivity contribution in [3.8, 4) is 0 Å². The van der Waals surface area contributed by atoms with E-state index in [0.29, 0.717) is 17.7 Å². The molecule has 5 heteroatoms. The van der Waals surface area contributed by atoms with Crippen LogP contribution in [0.5, 0.6) is 0 Å². The third-order valence-electron chi connectivity index (χ3n) is 5.89. The number of amides is 1. The van der Waals surface area contributed by atoms with Crippen molar-refractivity contribution < 1.29 is 4.79 Å². The minimum Gasteiger partial charge on any atom is -0.336 e. The maximum atomic E-state index is 13.2. The Kier molecular flexibility index (Phi) is 4.74. The standard InChI is InChI=1S/C21H30N4O/c1-15(2)19-14-25(11-5-10-23(19)12-17-7-8-17)21(26)18-13-24-9-4-6-16(3)20(24)22-18/h4,6,9,13,15,17,19H,5,7-8,10-12,14H2,1-3H3/t19-/m1/s1. The smallest absolute Gasteiger partial charge is 0.274 e. The summed E-state index contributed by atoms with van der Waals surface area (Å²) in [4.78, 5) is 22.5. The van der Waals surface area contributed by atoms with Gasteiger partial charge >= 0.3 is 0 Å². The number of aryl methyl sites for hydroxylation is 1. The Morgan fingerprint density at radius 1 is 1.31 bits per heavy atom. The highest BCUT2D eigenvalue weighted by Gasteiger charge is 2.33. The number of rotatable bonds is 4. The molecule has 0 radical (unpaired) electrons. The van der Waals surface area contributed by atoms with E-state index in [1.54, 1.807) is 0 Å². The van der Waals surface area contributed by atoms with Crippen molar-refractivity contribution in [2.75, 3.05) is 26.2 Å². The molecule has 0 unspecified atom stereocenters. The highest BCUT2D eigenvalue weighted by molar-refractivity contribution is 5.93. The molecule has 26 heavy (non-hydrogen) atoms. The van der Waals surface area contributed by atoms with Crippen LogP contribution in [-0.4, -0.2) is 57.3 Å². The second-order valence-electron chi connectivity index (χ2n) is 8.40. The van der Waals surface area contributed by atoms with Crippen LogP contribution in [-0.2, 0) is 0 Å². The zero-order valence-electron chi connectivity index (χ0n) is 16.2. The van der Waals surface area contributed by atoms with E-state index in [2.05, 4.69) is 23.7 Å². The molecule has 1 aliphatic carbocycles. The summed E-state index contributed by atoms with van der Waals surface area (Å²) in [6.45, 7) is 10.6. The molecule has 2 fully saturated rings. The molecule has 2 aromatic heterocycles. The monoisotopic (exact) mass is 354 g/mol. The number of nitrogens with zero attached hydrogens (tertiary/aromatic N) is 4. The topological polar surface area (TPSA) is 40.9 Å². The molecule has 1 amide bonds. The Balaban J connectivity index is 1.55. The van der Waals surface area contributed by atoms with Gasteiger partial charge in [-0.3, -0.25) is 9.69 Å². The zero-order valence-corrected chi connectivity index (χ0v) is 16.2. The second kappa shape index (κ2) is 7.03. The Bertz CT molecular complexity index is 792. The van der Waals surface area contributed by atoms with Crippen molar-refractivity contribution in [1.82, 2.24) is 19.2 Å². The summed E-state index contributed by atoms with van der Waals surface area (Å²) in [6, 6.07) is 4.47. The Hall–Kier alpha value is -1.88. The van der Waals surface area contributed by atoms with Crippen molar-refractivity contribution in [2.24, 2.45) is 11.8 Å². The van der Waals surface area contributed by atoms with Gasteiger partial charge in [0.05, 0.1) is 0 Å². The molecule has 2 aromatic rings. The number of pyridine rings is 1. The van der Waals surface area contributed by atoms with Crippen molar-refractivity contribution >= 4 is 11.6 Å². The van der Waals surface area contributed by atoms with Crippen LogP contribution in [0, 0.1) is 18.8 Å². The second-order valence-corrected chi connectivity index (χ2v) is 8.40. The van der Waals surface area contributed by atoms with E-state index in [9.17, 15) is 4.79 Å². The first kappa shape index (κ1) is 17.5. The van der Waals surface area contributed by atoms with Crippen molar-refractivity contribution in [1.29, 1.82) is 0 Å². The zero-order chi connectivity index (χ0) is 18.3. The van der Waals surface area contributed by atoms with Crippen molar-refractivity contribution in [2.45, 2.75) is 46.1 Å². The molecule has 5 nitrogen and oxygen atoms in total. The lowest BCUT2D eigenvalue weighted by atomic mass is 10.0. The van der Waals surface area contributed by atoms with Gasteiger partial charge in [-0.05, 0) is 49.7 Å². The summed E-state index contributed by atoms with van der Waals surface area (Å²) in [5.74, 6) is 1.51. The summed E-state index contributed by atoms with van der Waals surface area (Å²) in [5, 5.41) is 0. The van der Waals surface area contributed by atoms with Crippen LogP contribution >= 0.6 is 0 Å². The van der Waals surface area contributed by atoms with E-state index >= 15 is 0 Å². The summed E-state index contributed by atoms with van der Waals surface area (Å²) in [6.07, 6.45) is 7.65. The van der Waals surface area contributed by atoms with Gasteiger partial charge < -0.3 is 9.30 Å². The quantitative estimate of drug-likeness (QED) is 0.846. The number of imidazole rings is 1. The molecule has 1 saturated carbocycles. The summed E-state index contributed by atoms with van der Waals surface area (Å²) < 4.78 is 1.96. The summed E-state index contributed by atoms with van der Waals surface area (Å²) in [7, 11) is 0. The molecular weight excluding hydrogens is 324 g/mol. The summed E-state index contributed by atoms with van der Waals surface area (Å²) in [5.41, 5.74) is 2.54. The molecule has 0 N–H and O–H groups in total. The fourth-order valence-electron chi connectivity index (χ4n) is 4.16. The predicted molar refractivity (Wildman–Crippen MR) is 103 cm³/mol. The van der Waals surface area contributed by atoms with Gasteiger partial charge in [-0.2, -0.15) is 0 Å². The molecule has 1 saturated heterocycles. The SMILES string of the molecule is Cc1cccn2cc(C(=O)N3CCCN(CC4CC4)[C@@H](C(C)C)C3)nc12. The van der Waals surface area contributed by atoms with Crippen LogP contribution in [0.25, 0.3) is 5.65 Å². The first-order valence-corrected chi connectivity index (χ1v) is 10.0. The molecule has 2 aliphatic rings. The number of fused-ring (bicyclic) bond motifs is 1. The van der Waals surface area contributed by atoms with Gasteiger partial charge in [0, 0.05) is 44.6 Å². The van der Waals surface area contributed by atoms with Gasteiger partial charge in [0.2, 0.25) is 0 Å². The van der Waals surface area contributed by atoms with Crippen LogP contribution in [0.3, 0.4) is 0 Å². The Morgan fingerprint density at radius 3 is 2.81 bits per heavy atom. The van der Waals surface area contributed by atoms with Crippen LogP contribution in [0.1, 0.15) is 49.2 Å². The minimum atomic E-state index is 0.0759. The molecule has 4 rings (SSSR count). The van der Waals surface area contributed by atoms with Crippen molar-refractivity contribution in [3.63, 3.8) is 0 Å². The van der Waals surface area contributed by atoms with Gasteiger partial charge in [-0.25, -0.2) is 4.98 Å². The predicted octanol–water partition coefficient (Wildman–Crippen LogP) is 3.23. The molecule has 1 aliphatic heterocycles. The van der Waals surface area contributed by atoms with Crippen LogP contribution in [0.2, 0.25) is 0 Å². The Morgan fingerprint density at radius 2 is 2.12 bits per heavy atom. The maximum absolute atomic E-state index is 13.2. The average Bonchev–Trinajstić information content (AvgIpc) is 3.35. The van der Waals surface area contributed by atoms with Gasteiger partial charge in [-0.1, -0.05) is 19.9 Å². The maximum Gasteiger partial charge on any atom is 0.274 e. The number of carbonyl (C=O) groups is 1. The third kappa shape index (κ3) is 3.50. The van der Waals surface area contributed by atoms with E-state index in [0.717, 1.165) is 43.2 Å². The summed E-state index contributed by atoms with van der Waals surface area (Å²) >= 11 is 0.